The second kappa shape index (κ2) is 10.3. The minimum absolute atomic E-state index is 0.0995. The molecule has 1 N–H and O–H groups in total. The number of hydrogen-bond acceptors (Lipinski definition) is 3. The highest BCUT2D eigenvalue weighted by Crippen LogP contribution is 2.19. The lowest BCUT2D eigenvalue weighted by Gasteiger charge is -2.29. The summed E-state index contributed by atoms with van der Waals surface area (Å²) < 4.78 is 5.79. The lowest BCUT2D eigenvalue weighted by Crippen LogP contribution is -2.50. The number of aryl methyl sites for hydroxylation is 2. The molecule has 5 nitrogen and oxygen atoms in total. The van der Waals surface area contributed by atoms with Crippen molar-refractivity contribution < 1.29 is 14.3 Å². The zero-order valence-corrected chi connectivity index (χ0v) is 18.2. The number of benzene rings is 2. The van der Waals surface area contributed by atoms with Crippen LogP contribution in [0.2, 0.25) is 0 Å². The van der Waals surface area contributed by atoms with Gasteiger partial charge in [0.05, 0.1) is 0 Å². The Hall–Kier alpha value is -2.82. The molecule has 0 saturated heterocycles. The summed E-state index contributed by atoms with van der Waals surface area (Å²) in [6.45, 7) is 6.06. The van der Waals surface area contributed by atoms with Crippen LogP contribution >= 0.6 is 0 Å². The molecule has 160 valence electrons. The second-order valence-corrected chi connectivity index (χ2v) is 8.29. The maximum absolute atomic E-state index is 13.1. The van der Waals surface area contributed by atoms with Gasteiger partial charge in [0.1, 0.15) is 11.8 Å². The Balaban J connectivity index is 1.70. The predicted molar refractivity (Wildman–Crippen MR) is 118 cm³/mol. The van der Waals surface area contributed by atoms with Crippen molar-refractivity contribution in [2.24, 2.45) is 0 Å². The molecule has 0 heterocycles. The summed E-state index contributed by atoms with van der Waals surface area (Å²) in [6.07, 6.45) is 4.33. The normalized spacial score (nSPS) is 14.9. The summed E-state index contributed by atoms with van der Waals surface area (Å²) in [7, 11) is 0. The Morgan fingerprint density at radius 3 is 2.33 bits per heavy atom. The van der Waals surface area contributed by atoms with Gasteiger partial charge in [0, 0.05) is 12.6 Å². The molecule has 2 aromatic rings. The summed E-state index contributed by atoms with van der Waals surface area (Å²) in [5.41, 5.74) is 3.16. The zero-order valence-electron chi connectivity index (χ0n) is 18.2. The van der Waals surface area contributed by atoms with E-state index >= 15 is 0 Å². The number of nitrogens with zero attached hydrogens (tertiary/aromatic N) is 1. The van der Waals surface area contributed by atoms with Crippen molar-refractivity contribution in [1.29, 1.82) is 0 Å². The van der Waals surface area contributed by atoms with Gasteiger partial charge in [-0.3, -0.25) is 9.59 Å². The smallest absolute Gasteiger partial charge is 0.261 e. The SMILES string of the molecule is Cc1cc(C)cc(OCC(=O)N(Cc2ccccc2)[C@H](C)C(=O)NC2CCCC2)c1. The molecule has 2 amide bonds. The molecule has 1 aliphatic rings. The maximum Gasteiger partial charge on any atom is 0.261 e. The molecule has 2 aromatic carbocycles. The van der Waals surface area contributed by atoms with E-state index in [0.29, 0.717) is 12.3 Å². The number of amides is 2. The van der Waals surface area contributed by atoms with Crippen LogP contribution in [-0.4, -0.2) is 35.4 Å². The van der Waals surface area contributed by atoms with Crippen LogP contribution in [-0.2, 0) is 16.1 Å². The third kappa shape index (κ3) is 6.09. The molecule has 30 heavy (non-hydrogen) atoms. The first kappa shape index (κ1) is 21.9. The van der Waals surface area contributed by atoms with Crippen LogP contribution < -0.4 is 10.1 Å². The third-order valence-electron chi connectivity index (χ3n) is 5.62. The Morgan fingerprint density at radius 1 is 1.07 bits per heavy atom. The molecule has 1 aliphatic carbocycles. The summed E-state index contributed by atoms with van der Waals surface area (Å²) >= 11 is 0. The van der Waals surface area contributed by atoms with Gasteiger partial charge in [-0.25, -0.2) is 0 Å². The highest BCUT2D eigenvalue weighted by Gasteiger charge is 2.28. The Morgan fingerprint density at radius 2 is 1.70 bits per heavy atom. The van der Waals surface area contributed by atoms with Gasteiger partial charge in [-0.05, 0) is 62.4 Å². The van der Waals surface area contributed by atoms with Gasteiger partial charge in [0.15, 0.2) is 6.61 Å². The summed E-state index contributed by atoms with van der Waals surface area (Å²) in [5.74, 6) is 0.369. The van der Waals surface area contributed by atoms with Crippen molar-refractivity contribution in [1.82, 2.24) is 10.2 Å². The van der Waals surface area contributed by atoms with Gasteiger partial charge in [0.25, 0.3) is 5.91 Å². The monoisotopic (exact) mass is 408 g/mol. The molecule has 1 saturated carbocycles. The van der Waals surface area contributed by atoms with Gasteiger partial charge in [-0.15, -0.1) is 0 Å². The lowest BCUT2D eigenvalue weighted by atomic mass is 10.1. The fraction of sp³-hybridized carbons (Fsp3) is 0.440. The topological polar surface area (TPSA) is 58.6 Å². The lowest BCUT2D eigenvalue weighted by molar-refractivity contribution is -0.142. The van der Waals surface area contributed by atoms with Crippen molar-refractivity contribution in [2.75, 3.05) is 6.61 Å². The average Bonchev–Trinajstić information content (AvgIpc) is 3.23. The van der Waals surface area contributed by atoms with Crippen molar-refractivity contribution in [3.05, 3.63) is 65.2 Å². The molecule has 1 fully saturated rings. The summed E-state index contributed by atoms with van der Waals surface area (Å²) in [4.78, 5) is 27.6. The van der Waals surface area contributed by atoms with Crippen molar-refractivity contribution in [2.45, 2.75) is 65.1 Å². The number of carbonyl (C=O) groups excluding carboxylic acids is 2. The molecule has 0 radical (unpaired) electrons. The number of carbonyl (C=O) groups is 2. The molecule has 0 aliphatic heterocycles. The fourth-order valence-electron chi connectivity index (χ4n) is 4.00. The van der Waals surface area contributed by atoms with Gasteiger partial charge >= 0.3 is 0 Å². The molecule has 0 aromatic heterocycles. The first-order valence-corrected chi connectivity index (χ1v) is 10.8. The first-order valence-electron chi connectivity index (χ1n) is 10.8. The van der Waals surface area contributed by atoms with Crippen LogP contribution in [0.5, 0.6) is 5.75 Å². The van der Waals surface area contributed by atoms with Crippen LogP contribution in [0, 0.1) is 13.8 Å². The first-order chi connectivity index (χ1) is 14.4. The standard InChI is InChI=1S/C25H32N2O3/c1-18-13-19(2)15-23(14-18)30-17-24(28)27(16-21-9-5-4-6-10-21)20(3)25(29)26-22-11-7-8-12-22/h4-6,9-10,13-15,20,22H,7-8,11-12,16-17H2,1-3H3,(H,26,29)/t20-/m1/s1. The highest BCUT2D eigenvalue weighted by atomic mass is 16.5. The van der Waals surface area contributed by atoms with Crippen LogP contribution in [0.1, 0.15) is 49.3 Å². The molecular formula is C25H32N2O3. The largest absolute Gasteiger partial charge is 0.484 e. The molecular weight excluding hydrogens is 376 g/mol. The summed E-state index contributed by atoms with van der Waals surface area (Å²) in [5, 5.41) is 3.11. The fourth-order valence-corrected chi connectivity index (χ4v) is 4.00. The molecule has 0 unspecified atom stereocenters. The quantitative estimate of drug-likeness (QED) is 0.714. The Bertz CT molecular complexity index is 840. The molecule has 0 spiro atoms. The molecule has 5 heteroatoms. The average molecular weight is 409 g/mol. The van der Waals surface area contributed by atoms with Crippen molar-refractivity contribution >= 4 is 11.8 Å². The van der Waals surface area contributed by atoms with E-state index in [4.69, 9.17) is 4.74 Å². The zero-order chi connectivity index (χ0) is 21.5. The van der Waals surface area contributed by atoms with Crippen molar-refractivity contribution in [3.63, 3.8) is 0 Å². The molecule has 1 atom stereocenters. The second-order valence-electron chi connectivity index (χ2n) is 8.29. The van der Waals surface area contributed by atoms with E-state index in [1.54, 1.807) is 11.8 Å². The predicted octanol–water partition coefficient (Wildman–Crippen LogP) is 4.16. The van der Waals surface area contributed by atoms with E-state index in [1.165, 1.54) is 0 Å². The van der Waals surface area contributed by atoms with Crippen LogP contribution in [0.4, 0.5) is 0 Å². The van der Waals surface area contributed by atoms with Crippen LogP contribution in [0.15, 0.2) is 48.5 Å². The van der Waals surface area contributed by atoms with E-state index < -0.39 is 6.04 Å². The van der Waals surface area contributed by atoms with E-state index in [9.17, 15) is 9.59 Å². The Kier molecular flexibility index (Phi) is 7.50. The van der Waals surface area contributed by atoms with E-state index in [2.05, 4.69) is 11.4 Å². The maximum atomic E-state index is 13.1. The number of ether oxygens (including phenoxy) is 1. The minimum Gasteiger partial charge on any atom is -0.484 e. The number of hydrogen-bond donors (Lipinski definition) is 1. The van der Waals surface area contributed by atoms with E-state index in [-0.39, 0.29) is 24.5 Å². The van der Waals surface area contributed by atoms with Gasteiger partial charge in [-0.2, -0.15) is 0 Å². The number of nitrogens with one attached hydrogen (secondary N) is 1. The van der Waals surface area contributed by atoms with Gasteiger partial charge in [0.2, 0.25) is 5.91 Å². The van der Waals surface area contributed by atoms with Crippen LogP contribution in [0.25, 0.3) is 0 Å². The molecule has 0 bridgehead atoms. The molecule has 3 rings (SSSR count). The third-order valence-corrected chi connectivity index (χ3v) is 5.62. The number of rotatable bonds is 8. The van der Waals surface area contributed by atoms with Gasteiger partial charge in [-0.1, -0.05) is 49.2 Å². The highest BCUT2D eigenvalue weighted by molar-refractivity contribution is 5.88. The summed E-state index contributed by atoms with van der Waals surface area (Å²) in [6, 6.07) is 15.3. The van der Waals surface area contributed by atoms with E-state index in [1.807, 2.05) is 56.3 Å². The van der Waals surface area contributed by atoms with Gasteiger partial charge < -0.3 is 15.0 Å². The van der Waals surface area contributed by atoms with Crippen LogP contribution in [0.3, 0.4) is 0 Å². The minimum atomic E-state index is -0.568. The van der Waals surface area contributed by atoms with E-state index in [0.717, 1.165) is 42.4 Å². The van der Waals surface area contributed by atoms with Crippen molar-refractivity contribution in [3.8, 4) is 5.75 Å². The Labute approximate surface area is 179 Å².